The van der Waals surface area contributed by atoms with Gasteiger partial charge in [-0.15, -0.1) is 0 Å². The molecule has 0 aromatic carbocycles. The lowest BCUT2D eigenvalue weighted by Crippen LogP contribution is -2.13. The van der Waals surface area contributed by atoms with Crippen molar-refractivity contribution in [1.82, 2.24) is 0 Å². The topological polar surface area (TPSA) is 63.3 Å². The third-order valence-corrected chi connectivity index (χ3v) is 2.56. The average molecular weight is 177 g/mol. The zero-order chi connectivity index (χ0) is 8.69. The van der Waals surface area contributed by atoms with Crippen molar-refractivity contribution in [3.05, 3.63) is 0 Å². The highest BCUT2D eigenvalue weighted by Crippen LogP contribution is 2.07. The average Bonchev–Trinajstić information content (AvgIpc) is 1.97. The summed E-state index contributed by atoms with van der Waals surface area (Å²) < 4.78 is 0. The molecule has 0 fully saturated rings. The molecule has 11 heavy (non-hydrogen) atoms. The number of thioether (sulfide) groups is 1. The molecule has 0 aliphatic heterocycles. The number of carboxylic acid groups (broad SMARTS) is 1. The van der Waals surface area contributed by atoms with Gasteiger partial charge in [-0.1, -0.05) is 6.92 Å². The van der Waals surface area contributed by atoms with Crippen molar-refractivity contribution in [2.45, 2.75) is 13.3 Å². The second kappa shape index (κ2) is 6.49. The molecular weight excluding hydrogens is 162 g/mol. The van der Waals surface area contributed by atoms with Crippen LogP contribution in [-0.4, -0.2) is 29.1 Å². The molecule has 0 spiro atoms. The second-order valence-corrected chi connectivity index (χ2v) is 3.71. The van der Waals surface area contributed by atoms with E-state index in [9.17, 15) is 4.79 Å². The smallest absolute Gasteiger partial charge is 0.304 e. The lowest BCUT2D eigenvalue weighted by Gasteiger charge is -2.05. The van der Waals surface area contributed by atoms with Gasteiger partial charge in [-0.3, -0.25) is 4.79 Å². The first-order chi connectivity index (χ1) is 5.16. The van der Waals surface area contributed by atoms with Crippen LogP contribution in [-0.2, 0) is 4.79 Å². The molecule has 0 saturated carbocycles. The molecule has 0 rings (SSSR count). The molecule has 0 heterocycles. The predicted molar refractivity (Wildman–Crippen MR) is 47.8 cm³/mol. The van der Waals surface area contributed by atoms with Crippen molar-refractivity contribution in [3.8, 4) is 0 Å². The van der Waals surface area contributed by atoms with E-state index in [0.717, 1.165) is 5.75 Å². The van der Waals surface area contributed by atoms with Gasteiger partial charge in [-0.25, -0.2) is 0 Å². The Kier molecular flexibility index (Phi) is 6.36. The van der Waals surface area contributed by atoms with Gasteiger partial charge in [0.25, 0.3) is 0 Å². The molecule has 3 nitrogen and oxygen atoms in total. The summed E-state index contributed by atoms with van der Waals surface area (Å²) in [5, 5.41) is 8.30. The molecule has 66 valence electrons. The van der Waals surface area contributed by atoms with E-state index in [1.165, 1.54) is 0 Å². The Labute approximate surface area is 71.3 Å². The Hall–Kier alpha value is -0.220. The maximum absolute atomic E-state index is 10.1. The molecule has 0 aromatic rings. The molecular formula is C7H15NO2S. The molecule has 0 aromatic heterocycles. The summed E-state index contributed by atoms with van der Waals surface area (Å²) in [5.74, 6) is 1.43. The maximum atomic E-state index is 10.1. The Morgan fingerprint density at radius 2 is 2.36 bits per heavy atom. The summed E-state index contributed by atoms with van der Waals surface area (Å²) in [6.45, 7) is 2.74. The highest BCUT2D eigenvalue weighted by atomic mass is 32.2. The Bertz CT molecular complexity index is 119. The molecule has 0 radical (unpaired) electrons. The van der Waals surface area contributed by atoms with E-state index in [0.29, 0.717) is 18.2 Å². The quantitative estimate of drug-likeness (QED) is 0.589. The van der Waals surface area contributed by atoms with Crippen LogP contribution in [0.4, 0.5) is 0 Å². The second-order valence-electron chi connectivity index (χ2n) is 2.56. The van der Waals surface area contributed by atoms with Gasteiger partial charge in [-0.2, -0.15) is 11.8 Å². The summed E-state index contributed by atoms with van der Waals surface area (Å²) in [6, 6.07) is 0. The first-order valence-electron chi connectivity index (χ1n) is 3.66. The van der Waals surface area contributed by atoms with Crippen LogP contribution >= 0.6 is 11.8 Å². The van der Waals surface area contributed by atoms with Gasteiger partial charge in [0, 0.05) is 5.75 Å². The summed E-state index contributed by atoms with van der Waals surface area (Å²) >= 11 is 1.65. The number of hydrogen-bond donors (Lipinski definition) is 2. The third kappa shape index (κ3) is 7.68. The molecule has 0 bridgehead atoms. The van der Waals surface area contributed by atoms with E-state index in [-0.39, 0.29) is 6.42 Å². The van der Waals surface area contributed by atoms with Crippen molar-refractivity contribution >= 4 is 17.7 Å². The van der Waals surface area contributed by atoms with Crippen molar-refractivity contribution in [2.75, 3.05) is 18.1 Å². The van der Waals surface area contributed by atoms with Gasteiger partial charge < -0.3 is 10.8 Å². The van der Waals surface area contributed by atoms with Crippen molar-refractivity contribution < 1.29 is 9.90 Å². The molecule has 0 aliphatic rings. The fourth-order valence-electron chi connectivity index (χ4n) is 0.512. The molecule has 1 atom stereocenters. The molecule has 1 unspecified atom stereocenters. The van der Waals surface area contributed by atoms with E-state index in [4.69, 9.17) is 10.8 Å². The number of hydrogen-bond acceptors (Lipinski definition) is 3. The fraction of sp³-hybridized carbons (Fsp3) is 0.857. The number of aliphatic carboxylic acids is 1. The van der Waals surface area contributed by atoms with Gasteiger partial charge in [0.2, 0.25) is 0 Å². The molecule has 3 N–H and O–H groups in total. The largest absolute Gasteiger partial charge is 0.481 e. The summed E-state index contributed by atoms with van der Waals surface area (Å²) in [6.07, 6.45) is 0.252. The lowest BCUT2D eigenvalue weighted by molar-refractivity contribution is -0.136. The summed E-state index contributed by atoms with van der Waals surface area (Å²) in [5.41, 5.74) is 5.38. The monoisotopic (exact) mass is 177 g/mol. The fourth-order valence-corrected chi connectivity index (χ4v) is 1.54. The molecule has 0 aliphatic carbocycles. The minimum atomic E-state index is -0.724. The number of nitrogens with two attached hydrogens (primary N) is 1. The standard InChI is InChI=1S/C7H15NO2S/c1-6(4-8)5-11-3-2-7(9)10/h6H,2-5,8H2,1H3,(H,9,10). The van der Waals surface area contributed by atoms with Crippen LogP contribution in [0.5, 0.6) is 0 Å². The lowest BCUT2D eigenvalue weighted by atomic mass is 10.2. The normalized spacial score (nSPS) is 12.9. The maximum Gasteiger partial charge on any atom is 0.304 e. The molecule has 0 amide bonds. The number of carbonyl (C=O) groups is 1. The van der Waals surface area contributed by atoms with Crippen LogP contribution in [0.2, 0.25) is 0 Å². The molecule has 4 heteroatoms. The Morgan fingerprint density at radius 1 is 1.73 bits per heavy atom. The van der Waals surface area contributed by atoms with Crippen LogP contribution in [0.3, 0.4) is 0 Å². The summed E-state index contributed by atoms with van der Waals surface area (Å²) in [4.78, 5) is 10.1. The van der Waals surface area contributed by atoms with Crippen LogP contribution in [0, 0.1) is 5.92 Å². The Balaban J connectivity index is 3.08. The van der Waals surface area contributed by atoms with Gasteiger partial charge in [0.1, 0.15) is 0 Å². The van der Waals surface area contributed by atoms with Crippen LogP contribution in [0.15, 0.2) is 0 Å². The zero-order valence-corrected chi connectivity index (χ0v) is 7.56. The minimum Gasteiger partial charge on any atom is -0.481 e. The van der Waals surface area contributed by atoms with Crippen LogP contribution in [0.1, 0.15) is 13.3 Å². The van der Waals surface area contributed by atoms with Gasteiger partial charge in [-0.05, 0) is 18.2 Å². The van der Waals surface area contributed by atoms with Crippen LogP contribution in [0.25, 0.3) is 0 Å². The van der Waals surface area contributed by atoms with Crippen molar-refractivity contribution in [3.63, 3.8) is 0 Å². The van der Waals surface area contributed by atoms with Crippen molar-refractivity contribution in [1.29, 1.82) is 0 Å². The van der Waals surface area contributed by atoms with Crippen LogP contribution < -0.4 is 5.73 Å². The Morgan fingerprint density at radius 3 is 2.82 bits per heavy atom. The zero-order valence-electron chi connectivity index (χ0n) is 6.75. The highest BCUT2D eigenvalue weighted by molar-refractivity contribution is 7.99. The first-order valence-corrected chi connectivity index (χ1v) is 4.82. The van der Waals surface area contributed by atoms with Gasteiger partial charge in [0.05, 0.1) is 6.42 Å². The molecule has 0 saturated heterocycles. The summed E-state index contributed by atoms with van der Waals surface area (Å²) in [7, 11) is 0. The van der Waals surface area contributed by atoms with E-state index >= 15 is 0 Å². The number of rotatable bonds is 6. The third-order valence-electron chi connectivity index (χ3n) is 1.27. The minimum absolute atomic E-state index is 0.252. The van der Waals surface area contributed by atoms with E-state index in [1.54, 1.807) is 11.8 Å². The van der Waals surface area contributed by atoms with Gasteiger partial charge in [0.15, 0.2) is 0 Å². The predicted octanol–water partition coefficient (Wildman–Crippen LogP) is 0.789. The highest BCUT2D eigenvalue weighted by Gasteiger charge is 2.00. The van der Waals surface area contributed by atoms with Crippen molar-refractivity contribution in [2.24, 2.45) is 11.7 Å². The van der Waals surface area contributed by atoms with E-state index in [1.807, 2.05) is 0 Å². The van der Waals surface area contributed by atoms with Gasteiger partial charge >= 0.3 is 5.97 Å². The number of carboxylic acids is 1. The van der Waals surface area contributed by atoms with E-state index < -0.39 is 5.97 Å². The SMILES string of the molecule is CC(CN)CSCCC(=O)O. The first kappa shape index (κ1) is 10.8. The van der Waals surface area contributed by atoms with E-state index in [2.05, 4.69) is 6.92 Å².